The van der Waals surface area contributed by atoms with Crippen molar-refractivity contribution in [2.45, 2.75) is 25.6 Å². The summed E-state index contributed by atoms with van der Waals surface area (Å²) in [5.41, 5.74) is 4.57. The van der Waals surface area contributed by atoms with Crippen LogP contribution in [0.15, 0.2) is 48.5 Å². The van der Waals surface area contributed by atoms with E-state index in [0.29, 0.717) is 0 Å². The number of aryl methyl sites for hydroxylation is 1. The highest BCUT2D eigenvalue weighted by atomic mass is 35.5. The minimum absolute atomic E-state index is 0.132. The summed E-state index contributed by atoms with van der Waals surface area (Å²) >= 11 is 6.34. The molecule has 1 unspecified atom stereocenters. The van der Waals surface area contributed by atoms with Crippen molar-refractivity contribution < 1.29 is 0 Å². The van der Waals surface area contributed by atoms with Crippen LogP contribution in [0.5, 0.6) is 0 Å². The lowest BCUT2D eigenvalue weighted by Gasteiger charge is -2.14. The lowest BCUT2D eigenvalue weighted by molar-refractivity contribution is 0.872. The fraction of sp³-hybridized carbons (Fsp3) is 0.235. The van der Waals surface area contributed by atoms with Crippen LogP contribution in [0.25, 0.3) is 16.7 Å². The van der Waals surface area contributed by atoms with Crippen molar-refractivity contribution in [3.05, 3.63) is 59.9 Å². The van der Waals surface area contributed by atoms with E-state index >= 15 is 0 Å². The van der Waals surface area contributed by atoms with Crippen molar-refractivity contribution in [2.75, 3.05) is 0 Å². The summed E-state index contributed by atoms with van der Waals surface area (Å²) in [6.45, 7) is 4.13. The molecule has 3 heteroatoms. The first-order chi connectivity index (χ1) is 9.72. The molecule has 1 aromatic heterocycles. The number of fused-ring (bicyclic) bond motifs is 1. The molecule has 0 aliphatic heterocycles. The first kappa shape index (κ1) is 13.2. The third-order valence-electron chi connectivity index (χ3n) is 3.56. The average molecular weight is 285 g/mol. The molecule has 2 aromatic carbocycles. The van der Waals surface area contributed by atoms with Crippen LogP contribution in [0.3, 0.4) is 0 Å². The summed E-state index contributed by atoms with van der Waals surface area (Å²) in [5.74, 6) is 0.897. The zero-order valence-corrected chi connectivity index (χ0v) is 12.4. The first-order valence-electron chi connectivity index (χ1n) is 6.92. The molecule has 0 saturated heterocycles. The molecular formula is C17H17ClN2. The third kappa shape index (κ3) is 2.10. The Morgan fingerprint density at radius 2 is 1.80 bits per heavy atom. The van der Waals surface area contributed by atoms with E-state index in [0.717, 1.165) is 23.3 Å². The van der Waals surface area contributed by atoms with Crippen LogP contribution in [0.4, 0.5) is 0 Å². The molecule has 3 aromatic rings. The van der Waals surface area contributed by atoms with Gasteiger partial charge in [0, 0.05) is 0 Å². The molecule has 0 spiro atoms. The molecule has 2 nitrogen and oxygen atoms in total. The molecule has 20 heavy (non-hydrogen) atoms. The van der Waals surface area contributed by atoms with Crippen molar-refractivity contribution in [1.82, 2.24) is 9.55 Å². The van der Waals surface area contributed by atoms with Crippen molar-refractivity contribution in [3.63, 3.8) is 0 Å². The molecule has 0 saturated carbocycles. The molecule has 1 atom stereocenters. The van der Waals surface area contributed by atoms with Gasteiger partial charge in [-0.2, -0.15) is 0 Å². The van der Waals surface area contributed by atoms with Gasteiger partial charge in [0.2, 0.25) is 0 Å². The molecule has 0 amide bonds. The van der Waals surface area contributed by atoms with Crippen LogP contribution in [-0.2, 0) is 6.42 Å². The second-order valence-electron chi connectivity index (χ2n) is 4.89. The minimum Gasteiger partial charge on any atom is -0.295 e. The van der Waals surface area contributed by atoms with Gasteiger partial charge >= 0.3 is 0 Å². The Balaban J connectivity index is 2.36. The topological polar surface area (TPSA) is 17.8 Å². The van der Waals surface area contributed by atoms with E-state index in [-0.39, 0.29) is 5.38 Å². The Morgan fingerprint density at radius 1 is 1.10 bits per heavy atom. The molecule has 1 heterocycles. The maximum absolute atomic E-state index is 6.34. The number of para-hydroxylation sites is 3. The molecule has 0 radical (unpaired) electrons. The van der Waals surface area contributed by atoms with Crippen LogP contribution in [0.2, 0.25) is 0 Å². The summed E-state index contributed by atoms with van der Waals surface area (Å²) in [6, 6.07) is 16.6. The number of halogens is 1. The van der Waals surface area contributed by atoms with Gasteiger partial charge in [-0.1, -0.05) is 37.3 Å². The summed E-state index contributed by atoms with van der Waals surface area (Å²) in [6.07, 6.45) is 0.985. The number of nitrogens with zero attached hydrogens (tertiary/aromatic N) is 2. The van der Waals surface area contributed by atoms with Gasteiger partial charge in [-0.25, -0.2) is 4.98 Å². The van der Waals surface area contributed by atoms with Gasteiger partial charge in [0.05, 0.1) is 22.1 Å². The fourth-order valence-corrected chi connectivity index (χ4v) is 2.74. The van der Waals surface area contributed by atoms with E-state index in [4.69, 9.17) is 16.6 Å². The maximum atomic E-state index is 6.34. The van der Waals surface area contributed by atoms with Gasteiger partial charge in [0.25, 0.3) is 0 Å². The van der Waals surface area contributed by atoms with Crippen molar-refractivity contribution in [2.24, 2.45) is 0 Å². The van der Waals surface area contributed by atoms with Crippen molar-refractivity contribution in [3.8, 4) is 5.69 Å². The quantitative estimate of drug-likeness (QED) is 0.626. The van der Waals surface area contributed by atoms with Gasteiger partial charge < -0.3 is 0 Å². The minimum atomic E-state index is -0.132. The molecule has 0 aliphatic carbocycles. The van der Waals surface area contributed by atoms with Crippen LogP contribution in [-0.4, -0.2) is 9.55 Å². The molecule has 102 valence electrons. The third-order valence-corrected chi connectivity index (χ3v) is 3.75. The second kappa shape index (κ2) is 5.29. The normalized spacial score (nSPS) is 12.8. The lowest BCUT2D eigenvalue weighted by Crippen LogP contribution is -2.04. The number of aromatic nitrogens is 2. The number of hydrogen-bond acceptors (Lipinski definition) is 1. The first-order valence-corrected chi connectivity index (χ1v) is 7.35. The molecular weight excluding hydrogens is 268 g/mol. The average Bonchev–Trinajstić information content (AvgIpc) is 2.86. The Labute approximate surface area is 124 Å². The molecule has 0 bridgehead atoms. The Bertz CT molecular complexity index is 744. The number of benzene rings is 2. The van der Waals surface area contributed by atoms with Gasteiger partial charge in [-0.15, -0.1) is 11.6 Å². The van der Waals surface area contributed by atoms with Gasteiger partial charge in [0.1, 0.15) is 5.82 Å². The summed E-state index contributed by atoms with van der Waals surface area (Å²) in [5, 5.41) is -0.132. The van der Waals surface area contributed by atoms with Crippen LogP contribution >= 0.6 is 11.6 Å². The smallest absolute Gasteiger partial charge is 0.132 e. The fourth-order valence-electron chi connectivity index (χ4n) is 2.59. The zero-order valence-electron chi connectivity index (χ0n) is 11.7. The second-order valence-corrected chi connectivity index (χ2v) is 5.55. The highest BCUT2D eigenvalue weighted by molar-refractivity contribution is 6.20. The number of hydrogen-bond donors (Lipinski definition) is 0. The van der Waals surface area contributed by atoms with Gasteiger partial charge in [0.15, 0.2) is 0 Å². The molecule has 0 fully saturated rings. The van der Waals surface area contributed by atoms with Crippen LogP contribution in [0, 0.1) is 0 Å². The lowest BCUT2D eigenvalue weighted by atomic mass is 10.1. The van der Waals surface area contributed by atoms with E-state index in [1.54, 1.807) is 0 Å². The summed E-state index contributed by atoms with van der Waals surface area (Å²) in [7, 11) is 0. The monoisotopic (exact) mass is 284 g/mol. The zero-order chi connectivity index (χ0) is 14.1. The van der Waals surface area contributed by atoms with Gasteiger partial charge in [-0.05, 0) is 37.1 Å². The Morgan fingerprint density at radius 3 is 2.55 bits per heavy atom. The molecule has 0 N–H and O–H groups in total. The van der Waals surface area contributed by atoms with E-state index in [1.165, 1.54) is 11.3 Å². The number of alkyl halides is 1. The van der Waals surface area contributed by atoms with Crippen LogP contribution in [0.1, 0.15) is 30.6 Å². The number of rotatable bonds is 3. The largest absolute Gasteiger partial charge is 0.295 e. The van der Waals surface area contributed by atoms with Crippen LogP contribution < -0.4 is 0 Å². The molecule has 3 rings (SSSR count). The highest BCUT2D eigenvalue weighted by Gasteiger charge is 2.17. The van der Waals surface area contributed by atoms with E-state index < -0.39 is 0 Å². The van der Waals surface area contributed by atoms with Crippen molar-refractivity contribution in [1.29, 1.82) is 0 Å². The van der Waals surface area contributed by atoms with E-state index in [1.807, 2.05) is 25.1 Å². The summed E-state index contributed by atoms with van der Waals surface area (Å²) in [4.78, 5) is 4.69. The van der Waals surface area contributed by atoms with E-state index in [9.17, 15) is 0 Å². The Kier molecular flexibility index (Phi) is 3.49. The van der Waals surface area contributed by atoms with Crippen molar-refractivity contribution >= 4 is 22.6 Å². The highest BCUT2D eigenvalue weighted by Crippen LogP contribution is 2.29. The predicted molar refractivity (Wildman–Crippen MR) is 84.7 cm³/mol. The van der Waals surface area contributed by atoms with Gasteiger partial charge in [-0.3, -0.25) is 4.57 Å². The number of imidazole rings is 1. The maximum Gasteiger partial charge on any atom is 0.132 e. The SMILES string of the molecule is CCc1ccccc1-n1c(C(C)Cl)nc2ccccc21. The summed E-state index contributed by atoms with van der Waals surface area (Å²) < 4.78 is 2.19. The predicted octanol–water partition coefficient (Wildman–Crippen LogP) is 4.89. The molecule has 0 aliphatic rings. The standard InChI is InChI=1S/C17H17ClN2/c1-3-13-8-4-6-10-15(13)20-16-11-7-5-9-14(16)19-17(20)12(2)18/h4-12H,3H2,1-2H3. The van der Waals surface area contributed by atoms with E-state index in [2.05, 4.69) is 41.8 Å². The Hall–Kier alpha value is -1.80.